The van der Waals surface area contributed by atoms with Crippen LogP contribution in [-0.4, -0.2) is 56.8 Å². The van der Waals surface area contributed by atoms with Crippen LogP contribution in [0.1, 0.15) is 25.0 Å². The lowest BCUT2D eigenvalue weighted by atomic mass is 10.1. The number of nitrogens with one attached hydrogen (secondary N) is 1. The van der Waals surface area contributed by atoms with Crippen molar-refractivity contribution < 1.29 is 14.3 Å². The zero-order valence-electron chi connectivity index (χ0n) is 14.9. The minimum Gasteiger partial charge on any atom is -0.484 e. The normalized spacial score (nSPS) is 10.8. The van der Waals surface area contributed by atoms with Gasteiger partial charge in [-0.15, -0.1) is 0 Å². The number of amides is 1. The first kappa shape index (κ1) is 19.5. The molecule has 0 aliphatic carbocycles. The van der Waals surface area contributed by atoms with E-state index in [-0.39, 0.29) is 12.5 Å². The molecule has 0 saturated carbocycles. The van der Waals surface area contributed by atoms with Gasteiger partial charge in [-0.05, 0) is 50.2 Å². The Kier molecular flexibility index (Phi) is 9.33. The first-order chi connectivity index (χ1) is 11.1. The summed E-state index contributed by atoms with van der Waals surface area (Å²) in [5, 5.41) is 2.79. The van der Waals surface area contributed by atoms with Crippen molar-refractivity contribution in [2.24, 2.45) is 0 Å². The number of rotatable bonds is 11. The predicted molar refractivity (Wildman–Crippen MR) is 93.0 cm³/mol. The lowest BCUT2D eigenvalue weighted by Gasteiger charge is -2.17. The topological polar surface area (TPSA) is 50.8 Å². The van der Waals surface area contributed by atoms with Gasteiger partial charge in [0.15, 0.2) is 6.61 Å². The number of benzene rings is 1. The minimum atomic E-state index is -0.129. The van der Waals surface area contributed by atoms with Crippen molar-refractivity contribution in [2.75, 3.05) is 46.0 Å². The summed E-state index contributed by atoms with van der Waals surface area (Å²) >= 11 is 0. The number of likely N-dealkylation sites (N-methyl/N-ethyl adjacent to an activating group) is 1. The second-order valence-corrected chi connectivity index (χ2v) is 5.52. The molecule has 1 aromatic rings. The van der Waals surface area contributed by atoms with Gasteiger partial charge in [0.1, 0.15) is 5.75 Å². The second kappa shape index (κ2) is 11.0. The summed E-state index contributed by atoms with van der Waals surface area (Å²) < 4.78 is 11.0. The van der Waals surface area contributed by atoms with Crippen molar-refractivity contribution in [3.63, 3.8) is 0 Å². The van der Waals surface area contributed by atoms with E-state index in [1.165, 1.54) is 5.56 Å². The molecular weight excluding hydrogens is 292 g/mol. The van der Waals surface area contributed by atoms with Gasteiger partial charge in [0.2, 0.25) is 0 Å². The summed E-state index contributed by atoms with van der Waals surface area (Å²) in [6.07, 6.45) is 0. The van der Waals surface area contributed by atoms with Crippen LogP contribution in [0.2, 0.25) is 0 Å². The first-order valence-electron chi connectivity index (χ1n) is 8.33. The van der Waals surface area contributed by atoms with Crippen LogP contribution < -0.4 is 10.1 Å². The largest absolute Gasteiger partial charge is 0.484 e. The number of carbonyl (C=O) groups is 1. The standard InChI is InChI=1S/C18H30N2O3/c1-5-20(6-2)10-12-22-11-9-19-18(21)14-23-17-8-7-15(3)16(4)13-17/h7-8,13H,5-6,9-12,14H2,1-4H3,(H,19,21). The quantitative estimate of drug-likeness (QED) is 0.634. The molecule has 0 aliphatic heterocycles. The third-order valence-electron chi connectivity index (χ3n) is 3.86. The highest BCUT2D eigenvalue weighted by atomic mass is 16.5. The fourth-order valence-corrected chi connectivity index (χ4v) is 2.10. The molecule has 0 spiro atoms. The van der Waals surface area contributed by atoms with Crippen molar-refractivity contribution in [1.29, 1.82) is 0 Å². The maximum absolute atomic E-state index is 11.7. The smallest absolute Gasteiger partial charge is 0.258 e. The molecule has 0 radical (unpaired) electrons. The molecule has 0 heterocycles. The Labute approximate surface area is 140 Å². The van der Waals surface area contributed by atoms with Crippen LogP contribution in [0.4, 0.5) is 0 Å². The van der Waals surface area contributed by atoms with Crippen LogP contribution in [0.15, 0.2) is 18.2 Å². The van der Waals surface area contributed by atoms with E-state index in [0.29, 0.717) is 19.8 Å². The summed E-state index contributed by atoms with van der Waals surface area (Å²) in [5.41, 5.74) is 2.37. The Hall–Kier alpha value is -1.59. The monoisotopic (exact) mass is 322 g/mol. The molecule has 0 saturated heterocycles. The Morgan fingerprint density at radius 1 is 1.13 bits per heavy atom. The molecule has 0 aromatic heterocycles. The SMILES string of the molecule is CCN(CC)CCOCCNC(=O)COc1ccc(C)c(C)c1. The van der Waals surface area contributed by atoms with E-state index in [4.69, 9.17) is 9.47 Å². The number of hydrogen-bond donors (Lipinski definition) is 1. The summed E-state index contributed by atoms with van der Waals surface area (Å²) in [7, 11) is 0. The Bertz CT molecular complexity index is 473. The van der Waals surface area contributed by atoms with Gasteiger partial charge in [0.05, 0.1) is 13.2 Å². The third-order valence-corrected chi connectivity index (χ3v) is 3.86. The lowest BCUT2D eigenvalue weighted by Crippen LogP contribution is -2.32. The Morgan fingerprint density at radius 3 is 2.52 bits per heavy atom. The molecule has 5 nitrogen and oxygen atoms in total. The highest BCUT2D eigenvalue weighted by Gasteiger charge is 2.03. The molecule has 1 aromatic carbocycles. The van der Waals surface area contributed by atoms with Gasteiger partial charge in [-0.3, -0.25) is 4.79 Å². The van der Waals surface area contributed by atoms with E-state index in [9.17, 15) is 4.79 Å². The molecule has 1 rings (SSSR count). The second-order valence-electron chi connectivity index (χ2n) is 5.52. The van der Waals surface area contributed by atoms with Crippen molar-refractivity contribution in [3.8, 4) is 5.75 Å². The van der Waals surface area contributed by atoms with Crippen molar-refractivity contribution in [1.82, 2.24) is 10.2 Å². The summed E-state index contributed by atoms with van der Waals surface area (Å²) in [6.45, 7) is 13.1. The molecule has 0 unspecified atom stereocenters. The van der Waals surface area contributed by atoms with Crippen molar-refractivity contribution in [3.05, 3.63) is 29.3 Å². The summed E-state index contributed by atoms with van der Waals surface area (Å²) in [5.74, 6) is 0.592. The molecule has 130 valence electrons. The van der Waals surface area contributed by atoms with E-state index in [1.807, 2.05) is 32.0 Å². The van der Waals surface area contributed by atoms with Gasteiger partial charge in [-0.2, -0.15) is 0 Å². The van der Waals surface area contributed by atoms with E-state index in [0.717, 1.165) is 30.9 Å². The number of ether oxygens (including phenoxy) is 2. The van der Waals surface area contributed by atoms with Crippen LogP contribution in [0.5, 0.6) is 5.75 Å². The number of hydrogen-bond acceptors (Lipinski definition) is 4. The molecule has 1 amide bonds. The Morgan fingerprint density at radius 2 is 1.87 bits per heavy atom. The first-order valence-corrected chi connectivity index (χ1v) is 8.33. The zero-order chi connectivity index (χ0) is 17.1. The van der Waals surface area contributed by atoms with Crippen molar-refractivity contribution >= 4 is 5.91 Å². The fourth-order valence-electron chi connectivity index (χ4n) is 2.10. The van der Waals surface area contributed by atoms with E-state index in [2.05, 4.69) is 24.1 Å². The average Bonchev–Trinajstić information content (AvgIpc) is 2.55. The van der Waals surface area contributed by atoms with Crippen LogP contribution in [0.25, 0.3) is 0 Å². The lowest BCUT2D eigenvalue weighted by molar-refractivity contribution is -0.123. The predicted octanol–water partition coefficient (Wildman–Crippen LogP) is 2.16. The van der Waals surface area contributed by atoms with Gasteiger partial charge in [0, 0.05) is 13.1 Å². The number of nitrogens with zero attached hydrogens (tertiary/aromatic N) is 1. The molecule has 1 N–H and O–H groups in total. The maximum atomic E-state index is 11.7. The van der Waals surface area contributed by atoms with Crippen molar-refractivity contribution in [2.45, 2.75) is 27.7 Å². The van der Waals surface area contributed by atoms with Gasteiger partial charge >= 0.3 is 0 Å². The van der Waals surface area contributed by atoms with E-state index >= 15 is 0 Å². The Balaban J connectivity index is 2.09. The van der Waals surface area contributed by atoms with Crippen LogP contribution >= 0.6 is 0 Å². The van der Waals surface area contributed by atoms with Gasteiger partial charge in [0.25, 0.3) is 5.91 Å². The van der Waals surface area contributed by atoms with Gasteiger partial charge in [-0.1, -0.05) is 19.9 Å². The molecule has 0 aliphatic rings. The summed E-state index contributed by atoms with van der Waals surface area (Å²) in [6, 6.07) is 5.82. The zero-order valence-corrected chi connectivity index (χ0v) is 14.9. The van der Waals surface area contributed by atoms with Crippen LogP contribution in [-0.2, 0) is 9.53 Å². The van der Waals surface area contributed by atoms with Crippen LogP contribution in [0.3, 0.4) is 0 Å². The highest BCUT2D eigenvalue weighted by Crippen LogP contribution is 2.16. The molecule has 0 atom stereocenters. The number of aryl methyl sites for hydroxylation is 2. The number of carbonyl (C=O) groups excluding carboxylic acids is 1. The fraction of sp³-hybridized carbons (Fsp3) is 0.611. The molecule has 0 bridgehead atoms. The minimum absolute atomic E-state index is 0.0297. The highest BCUT2D eigenvalue weighted by molar-refractivity contribution is 5.77. The maximum Gasteiger partial charge on any atom is 0.258 e. The average molecular weight is 322 g/mol. The van der Waals surface area contributed by atoms with E-state index in [1.54, 1.807) is 0 Å². The van der Waals surface area contributed by atoms with Crippen LogP contribution in [0, 0.1) is 13.8 Å². The molecule has 5 heteroatoms. The molecular formula is C18H30N2O3. The van der Waals surface area contributed by atoms with Gasteiger partial charge < -0.3 is 19.7 Å². The third kappa shape index (κ3) is 8.00. The molecule has 0 fully saturated rings. The van der Waals surface area contributed by atoms with E-state index < -0.39 is 0 Å². The van der Waals surface area contributed by atoms with Gasteiger partial charge in [-0.25, -0.2) is 0 Å². The summed E-state index contributed by atoms with van der Waals surface area (Å²) in [4.78, 5) is 14.0. The molecule has 23 heavy (non-hydrogen) atoms.